The summed E-state index contributed by atoms with van der Waals surface area (Å²) in [6.45, 7) is 7.46. The van der Waals surface area contributed by atoms with Crippen LogP contribution in [-0.2, 0) is 32.6 Å². The minimum atomic E-state index is -0.732. The van der Waals surface area contributed by atoms with Crippen LogP contribution in [0.1, 0.15) is 85.0 Å². The van der Waals surface area contributed by atoms with Gasteiger partial charge in [-0.15, -0.1) is 0 Å². The maximum atomic E-state index is 12.5. The SMILES string of the molecule is C1CCCC1.CC(C)(C)S(=O)C1CCCC1CCCOCCO.[CH3-].[CH3-].[Fe+2]. The van der Waals surface area contributed by atoms with Crippen LogP contribution in [0.25, 0.3) is 0 Å². The van der Waals surface area contributed by atoms with Crippen molar-refractivity contribution >= 4 is 10.8 Å². The standard InChI is InChI=1S/C14H28O3S.C5H10.2CH3.Fe/c1-14(2,3)18(16)13-8-4-6-12(13)7-5-10-17-11-9-15;1-2-4-5-3-1;;;/h12-13,15H,4-11H2,1-3H3;1-5H2;2*1H3;/q;;2*-1;+2. The minimum absolute atomic E-state index is 0. The molecule has 0 radical (unpaired) electrons. The van der Waals surface area contributed by atoms with Crippen molar-refractivity contribution in [3.63, 3.8) is 0 Å². The van der Waals surface area contributed by atoms with Crippen LogP contribution < -0.4 is 0 Å². The molecule has 2 fully saturated rings. The fraction of sp³-hybridized carbons (Fsp3) is 0.905. The molecule has 3 unspecified atom stereocenters. The second kappa shape index (κ2) is 17.7. The van der Waals surface area contributed by atoms with Crippen LogP contribution in [-0.4, -0.2) is 39.1 Å². The molecule has 0 spiro atoms. The van der Waals surface area contributed by atoms with Gasteiger partial charge in [-0.25, -0.2) is 0 Å². The van der Waals surface area contributed by atoms with Gasteiger partial charge in [-0.05, 0) is 52.4 Å². The van der Waals surface area contributed by atoms with Crippen molar-refractivity contribution in [2.75, 3.05) is 19.8 Å². The Bertz CT molecular complexity index is 320. The van der Waals surface area contributed by atoms with Gasteiger partial charge in [0.1, 0.15) is 0 Å². The predicted molar refractivity (Wildman–Crippen MR) is 112 cm³/mol. The van der Waals surface area contributed by atoms with Gasteiger partial charge in [0, 0.05) is 27.4 Å². The first-order valence-electron chi connectivity index (χ1n) is 9.56. The minimum Gasteiger partial charge on any atom is -0.394 e. The van der Waals surface area contributed by atoms with E-state index in [1.807, 2.05) is 0 Å². The van der Waals surface area contributed by atoms with E-state index in [2.05, 4.69) is 20.8 Å². The molecule has 0 saturated heterocycles. The second-order valence-corrected chi connectivity index (χ2v) is 10.3. The molecule has 2 aliphatic rings. The number of aliphatic hydroxyl groups is 1. The summed E-state index contributed by atoms with van der Waals surface area (Å²) in [6.07, 6.45) is 13.2. The molecule has 0 aliphatic heterocycles. The van der Waals surface area contributed by atoms with Crippen molar-refractivity contribution < 1.29 is 31.1 Å². The van der Waals surface area contributed by atoms with Crippen molar-refractivity contribution in [1.29, 1.82) is 0 Å². The van der Waals surface area contributed by atoms with Crippen LogP contribution in [0.5, 0.6) is 0 Å². The molecule has 2 rings (SSSR count). The molecule has 26 heavy (non-hydrogen) atoms. The van der Waals surface area contributed by atoms with Crippen molar-refractivity contribution in [3.8, 4) is 0 Å². The molecule has 0 aromatic rings. The summed E-state index contributed by atoms with van der Waals surface area (Å²) in [7, 11) is -0.732. The summed E-state index contributed by atoms with van der Waals surface area (Å²) in [5.41, 5.74) is 0. The molecule has 0 amide bonds. The Balaban J connectivity index is -0.000000572. The molecule has 160 valence electrons. The summed E-state index contributed by atoms with van der Waals surface area (Å²) in [6, 6.07) is 0. The first kappa shape index (κ1) is 31.3. The Morgan fingerprint density at radius 3 is 1.96 bits per heavy atom. The van der Waals surface area contributed by atoms with E-state index in [1.165, 1.54) is 44.9 Å². The molecule has 0 heterocycles. The van der Waals surface area contributed by atoms with E-state index in [9.17, 15) is 4.21 Å². The molecule has 2 aliphatic carbocycles. The van der Waals surface area contributed by atoms with Gasteiger partial charge in [-0.3, -0.25) is 4.21 Å². The van der Waals surface area contributed by atoms with E-state index in [1.54, 1.807) is 0 Å². The fourth-order valence-corrected chi connectivity index (χ4v) is 5.48. The fourth-order valence-electron chi connectivity index (χ4n) is 3.57. The van der Waals surface area contributed by atoms with Gasteiger partial charge in [0.15, 0.2) is 0 Å². The van der Waals surface area contributed by atoms with E-state index < -0.39 is 10.8 Å². The Morgan fingerprint density at radius 2 is 1.50 bits per heavy atom. The van der Waals surface area contributed by atoms with E-state index in [-0.39, 0.29) is 43.3 Å². The van der Waals surface area contributed by atoms with E-state index in [4.69, 9.17) is 9.84 Å². The molecular weight excluding hydrogens is 388 g/mol. The molecule has 5 heteroatoms. The van der Waals surface area contributed by atoms with Crippen molar-refractivity contribution in [3.05, 3.63) is 14.9 Å². The largest absolute Gasteiger partial charge is 2.00 e. The maximum Gasteiger partial charge on any atom is 2.00 e. The monoisotopic (exact) mass is 432 g/mol. The van der Waals surface area contributed by atoms with Gasteiger partial charge in [0.2, 0.25) is 0 Å². The average molecular weight is 432 g/mol. The summed E-state index contributed by atoms with van der Waals surface area (Å²) in [5, 5.41) is 8.99. The van der Waals surface area contributed by atoms with Gasteiger partial charge < -0.3 is 24.7 Å². The van der Waals surface area contributed by atoms with Gasteiger partial charge in [0.05, 0.1) is 13.2 Å². The molecule has 0 bridgehead atoms. The smallest absolute Gasteiger partial charge is 0.394 e. The van der Waals surface area contributed by atoms with E-state index in [0.29, 0.717) is 24.4 Å². The van der Waals surface area contributed by atoms with Gasteiger partial charge in [-0.1, -0.05) is 38.5 Å². The molecule has 2 saturated carbocycles. The van der Waals surface area contributed by atoms with E-state index in [0.717, 1.165) is 19.3 Å². The quantitative estimate of drug-likeness (QED) is 0.336. The van der Waals surface area contributed by atoms with Crippen LogP contribution in [0.3, 0.4) is 0 Å². The van der Waals surface area contributed by atoms with Crippen LogP contribution in [0.4, 0.5) is 0 Å². The Hall–Kier alpha value is 0.589. The van der Waals surface area contributed by atoms with Crippen molar-refractivity contribution in [2.45, 2.75) is 95.0 Å². The number of hydrogen-bond acceptors (Lipinski definition) is 3. The average Bonchev–Trinajstić information content (AvgIpc) is 3.20. The zero-order chi connectivity index (χ0) is 17.1. The van der Waals surface area contributed by atoms with Crippen LogP contribution in [0.15, 0.2) is 0 Å². The predicted octanol–water partition coefficient (Wildman–Crippen LogP) is 5.34. The zero-order valence-electron chi connectivity index (χ0n) is 17.9. The number of ether oxygens (including phenoxy) is 1. The van der Waals surface area contributed by atoms with Crippen molar-refractivity contribution in [2.24, 2.45) is 5.92 Å². The number of rotatable bonds is 7. The van der Waals surface area contributed by atoms with E-state index >= 15 is 0 Å². The van der Waals surface area contributed by atoms with Gasteiger partial charge >= 0.3 is 17.1 Å². The Labute approximate surface area is 177 Å². The molecule has 1 N–H and O–H groups in total. The number of hydrogen-bond donors (Lipinski definition) is 1. The van der Waals surface area contributed by atoms with Crippen LogP contribution >= 0.6 is 0 Å². The molecule has 3 nitrogen and oxygen atoms in total. The van der Waals surface area contributed by atoms with Crippen LogP contribution in [0, 0.1) is 20.8 Å². The zero-order valence-corrected chi connectivity index (χ0v) is 19.8. The molecule has 3 atom stereocenters. The second-order valence-electron chi connectivity index (χ2n) is 7.89. The summed E-state index contributed by atoms with van der Waals surface area (Å²) in [4.78, 5) is 0. The van der Waals surface area contributed by atoms with Gasteiger partial charge in [0.25, 0.3) is 0 Å². The Morgan fingerprint density at radius 1 is 0.962 bits per heavy atom. The third-order valence-electron chi connectivity index (χ3n) is 4.82. The van der Waals surface area contributed by atoms with Crippen molar-refractivity contribution in [1.82, 2.24) is 0 Å². The number of aliphatic hydroxyl groups excluding tert-OH is 1. The summed E-state index contributed by atoms with van der Waals surface area (Å²) >= 11 is 0. The molecular formula is C21H44FeO3S. The summed E-state index contributed by atoms with van der Waals surface area (Å²) < 4.78 is 17.6. The topological polar surface area (TPSA) is 46.5 Å². The molecule has 0 aromatic carbocycles. The normalized spacial score (nSPS) is 22.9. The maximum absolute atomic E-state index is 12.5. The molecule has 0 aromatic heterocycles. The van der Waals surface area contributed by atoms with Crippen LogP contribution in [0.2, 0.25) is 0 Å². The third kappa shape index (κ3) is 12.9. The first-order chi connectivity index (χ1) is 11.0. The first-order valence-corrected chi connectivity index (χ1v) is 10.8. The van der Waals surface area contributed by atoms with Gasteiger partial charge in [-0.2, -0.15) is 0 Å². The summed E-state index contributed by atoms with van der Waals surface area (Å²) in [5.74, 6) is 0.600. The third-order valence-corrected chi connectivity index (χ3v) is 7.19. The Kier molecular flexibility index (Phi) is 21.3.